The van der Waals surface area contributed by atoms with E-state index in [1.54, 1.807) is 7.11 Å². The van der Waals surface area contributed by atoms with E-state index in [-0.39, 0.29) is 5.60 Å². The molecular weight excluding hydrogens is 176 g/mol. The standard InChI is InChI=1S/C12H14O2/c1-12-10-7-9(13-2)5-3-8(10)4-6-11(12)14-12/h3,5,7,11H,4,6H2,1-2H3. The maximum absolute atomic E-state index is 5.74. The quantitative estimate of drug-likeness (QED) is 0.633. The second kappa shape index (κ2) is 2.51. The van der Waals surface area contributed by atoms with Crippen molar-refractivity contribution in [3.8, 4) is 5.75 Å². The summed E-state index contributed by atoms with van der Waals surface area (Å²) in [5.74, 6) is 0.932. The molecule has 2 unspecified atom stereocenters. The first-order valence-electron chi connectivity index (χ1n) is 5.09. The lowest BCUT2D eigenvalue weighted by Gasteiger charge is -2.18. The third kappa shape index (κ3) is 0.947. The van der Waals surface area contributed by atoms with E-state index in [9.17, 15) is 0 Å². The van der Waals surface area contributed by atoms with Crippen molar-refractivity contribution in [3.63, 3.8) is 0 Å². The van der Waals surface area contributed by atoms with Crippen molar-refractivity contribution >= 4 is 0 Å². The minimum Gasteiger partial charge on any atom is -0.497 e. The van der Waals surface area contributed by atoms with Crippen molar-refractivity contribution in [1.82, 2.24) is 0 Å². The first-order chi connectivity index (χ1) is 6.74. The average molecular weight is 190 g/mol. The summed E-state index contributed by atoms with van der Waals surface area (Å²) < 4.78 is 11.0. The molecule has 0 spiro atoms. The van der Waals surface area contributed by atoms with Crippen LogP contribution in [0.1, 0.15) is 24.5 Å². The van der Waals surface area contributed by atoms with E-state index in [0.29, 0.717) is 6.10 Å². The molecule has 1 saturated heterocycles. The normalized spacial score (nSPS) is 33.1. The minimum absolute atomic E-state index is 0.0118. The molecule has 0 N–H and O–H groups in total. The Morgan fingerprint density at radius 3 is 3.14 bits per heavy atom. The molecule has 0 saturated carbocycles. The largest absolute Gasteiger partial charge is 0.497 e. The summed E-state index contributed by atoms with van der Waals surface area (Å²) in [6.45, 7) is 2.18. The summed E-state index contributed by atoms with van der Waals surface area (Å²) >= 11 is 0. The summed E-state index contributed by atoms with van der Waals surface area (Å²) in [5.41, 5.74) is 2.73. The summed E-state index contributed by atoms with van der Waals surface area (Å²) in [6, 6.07) is 6.32. The van der Waals surface area contributed by atoms with Crippen LogP contribution in [0.3, 0.4) is 0 Å². The van der Waals surface area contributed by atoms with Crippen molar-refractivity contribution in [3.05, 3.63) is 29.3 Å². The van der Waals surface area contributed by atoms with E-state index in [2.05, 4.69) is 19.1 Å². The predicted octanol–water partition coefficient (Wildman–Crippen LogP) is 2.26. The van der Waals surface area contributed by atoms with Crippen molar-refractivity contribution in [1.29, 1.82) is 0 Å². The molecule has 0 amide bonds. The van der Waals surface area contributed by atoms with E-state index in [1.807, 2.05) is 6.07 Å². The first-order valence-corrected chi connectivity index (χ1v) is 5.09. The zero-order valence-electron chi connectivity index (χ0n) is 8.54. The maximum Gasteiger partial charge on any atom is 0.119 e. The van der Waals surface area contributed by atoms with Gasteiger partial charge in [-0.15, -0.1) is 0 Å². The number of rotatable bonds is 1. The van der Waals surface area contributed by atoms with Crippen LogP contribution in [0.2, 0.25) is 0 Å². The Morgan fingerprint density at radius 1 is 1.50 bits per heavy atom. The highest BCUT2D eigenvalue weighted by molar-refractivity contribution is 5.44. The fourth-order valence-corrected chi connectivity index (χ4v) is 2.48. The van der Waals surface area contributed by atoms with Crippen molar-refractivity contribution in [2.24, 2.45) is 0 Å². The van der Waals surface area contributed by atoms with Gasteiger partial charge in [0, 0.05) is 0 Å². The van der Waals surface area contributed by atoms with E-state index < -0.39 is 0 Å². The lowest BCUT2D eigenvalue weighted by atomic mass is 9.84. The van der Waals surface area contributed by atoms with Gasteiger partial charge >= 0.3 is 0 Å². The zero-order valence-corrected chi connectivity index (χ0v) is 8.54. The first kappa shape index (κ1) is 8.30. The number of aryl methyl sites for hydroxylation is 1. The van der Waals surface area contributed by atoms with Gasteiger partial charge in [0.15, 0.2) is 0 Å². The summed E-state index contributed by atoms with van der Waals surface area (Å²) in [5, 5.41) is 0. The highest BCUT2D eigenvalue weighted by Gasteiger charge is 2.56. The summed E-state index contributed by atoms with van der Waals surface area (Å²) in [7, 11) is 1.71. The number of hydrogen-bond donors (Lipinski definition) is 0. The molecule has 2 aliphatic rings. The molecule has 0 radical (unpaired) electrons. The number of fused-ring (bicyclic) bond motifs is 3. The Labute approximate surface area is 83.8 Å². The molecular formula is C12H14O2. The van der Waals surface area contributed by atoms with Gasteiger partial charge in [-0.1, -0.05) is 6.07 Å². The molecule has 74 valence electrons. The van der Waals surface area contributed by atoms with Gasteiger partial charge in [-0.3, -0.25) is 0 Å². The van der Waals surface area contributed by atoms with Crippen molar-refractivity contribution < 1.29 is 9.47 Å². The molecule has 2 nitrogen and oxygen atoms in total. The number of methoxy groups -OCH3 is 1. The van der Waals surface area contributed by atoms with Crippen LogP contribution in [0, 0.1) is 0 Å². The molecule has 2 heteroatoms. The Bertz CT molecular complexity index is 386. The minimum atomic E-state index is -0.0118. The second-order valence-electron chi connectivity index (χ2n) is 4.28. The lowest BCUT2D eigenvalue weighted by molar-refractivity contribution is 0.313. The van der Waals surface area contributed by atoms with Crippen LogP contribution in [0.4, 0.5) is 0 Å². The lowest BCUT2D eigenvalue weighted by Crippen LogP contribution is -2.16. The fourth-order valence-electron chi connectivity index (χ4n) is 2.48. The van der Waals surface area contributed by atoms with Gasteiger partial charge in [0.1, 0.15) is 11.4 Å². The molecule has 0 aromatic heterocycles. The van der Waals surface area contributed by atoms with Crippen LogP contribution < -0.4 is 4.74 Å². The Kier molecular flexibility index (Phi) is 1.49. The smallest absolute Gasteiger partial charge is 0.119 e. The van der Waals surface area contributed by atoms with Gasteiger partial charge < -0.3 is 9.47 Å². The topological polar surface area (TPSA) is 21.8 Å². The van der Waals surface area contributed by atoms with E-state index in [4.69, 9.17) is 9.47 Å². The van der Waals surface area contributed by atoms with Crippen LogP contribution >= 0.6 is 0 Å². The van der Waals surface area contributed by atoms with Gasteiger partial charge in [-0.25, -0.2) is 0 Å². The van der Waals surface area contributed by atoms with Crippen LogP contribution in [0.15, 0.2) is 18.2 Å². The number of hydrogen-bond acceptors (Lipinski definition) is 2. The van der Waals surface area contributed by atoms with Gasteiger partial charge in [0.25, 0.3) is 0 Å². The SMILES string of the molecule is COc1ccc2c(c1)C1(C)OC1CC2. The average Bonchev–Trinajstić information content (AvgIpc) is 2.90. The maximum atomic E-state index is 5.74. The summed E-state index contributed by atoms with van der Waals surface area (Å²) in [6.07, 6.45) is 2.75. The van der Waals surface area contributed by atoms with Crippen molar-refractivity contribution in [2.75, 3.05) is 7.11 Å². The fraction of sp³-hybridized carbons (Fsp3) is 0.500. The molecule has 1 aromatic carbocycles. The van der Waals surface area contributed by atoms with E-state index >= 15 is 0 Å². The molecule has 3 rings (SSSR count). The van der Waals surface area contributed by atoms with Gasteiger partial charge in [-0.2, -0.15) is 0 Å². The number of benzene rings is 1. The van der Waals surface area contributed by atoms with Crippen molar-refractivity contribution in [2.45, 2.75) is 31.5 Å². The highest BCUT2D eigenvalue weighted by atomic mass is 16.6. The zero-order chi connectivity index (χ0) is 9.76. The third-order valence-electron chi connectivity index (χ3n) is 3.47. The number of ether oxygens (including phenoxy) is 2. The monoisotopic (exact) mass is 190 g/mol. The van der Waals surface area contributed by atoms with E-state index in [0.717, 1.165) is 18.6 Å². The molecule has 1 fully saturated rings. The molecule has 14 heavy (non-hydrogen) atoms. The van der Waals surface area contributed by atoms with Crippen LogP contribution in [0.5, 0.6) is 5.75 Å². The Morgan fingerprint density at radius 2 is 2.36 bits per heavy atom. The summed E-state index contributed by atoms with van der Waals surface area (Å²) in [4.78, 5) is 0. The highest BCUT2D eigenvalue weighted by Crippen LogP contribution is 2.53. The van der Waals surface area contributed by atoms with Crippen LogP contribution in [0.25, 0.3) is 0 Å². The number of epoxide rings is 1. The van der Waals surface area contributed by atoms with E-state index in [1.165, 1.54) is 11.1 Å². The molecule has 1 aliphatic carbocycles. The Hall–Kier alpha value is -1.02. The predicted molar refractivity (Wildman–Crippen MR) is 53.5 cm³/mol. The van der Waals surface area contributed by atoms with Gasteiger partial charge in [0.05, 0.1) is 13.2 Å². The van der Waals surface area contributed by atoms with Crippen LogP contribution in [-0.2, 0) is 16.8 Å². The van der Waals surface area contributed by atoms with Crippen LogP contribution in [-0.4, -0.2) is 13.2 Å². The second-order valence-corrected chi connectivity index (χ2v) is 4.28. The molecule has 1 aliphatic heterocycles. The molecule has 1 heterocycles. The molecule has 1 aromatic rings. The third-order valence-corrected chi connectivity index (χ3v) is 3.47. The Balaban J connectivity index is 2.12. The van der Waals surface area contributed by atoms with Gasteiger partial charge in [0.2, 0.25) is 0 Å². The molecule has 2 atom stereocenters. The van der Waals surface area contributed by atoms with Gasteiger partial charge in [-0.05, 0) is 43.0 Å². The molecule has 0 bridgehead atoms.